The molecular weight excluding hydrogens is 296 g/mol. The third-order valence-corrected chi connectivity index (χ3v) is 3.53. The van der Waals surface area contributed by atoms with Crippen molar-refractivity contribution in [3.63, 3.8) is 0 Å². The molecule has 102 valence electrons. The van der Waals surface area contributed by atoms with Crippen LogP contribution in [0.15, 0.2) is 18.2 Å². The van der Waals surface area contributed by atoms with Crippen LogP contribution < -0.4 is 4.52 Å². The molecule has 0 bridgehead atoms. The van der Waals surface area contributed by atoms with Crippen molar-refractivity contribution in [3.8, 4) is 5.75 Å². The summed E-state index contributed by atoms with van der Waals surface area (Å²) in [6.07, 6.45) is -4.52. The van der Waals surface area contributed by atoms with Gasteiger partial charge in [0.25, 0.3) is 0 Å². The molecule has 0 fully saturated rings. The molecule has 1 aromatic carbocycles. The van der Waals surface area contributed by atoms with Gasteiger partial charge in [-0.25, -0.2) is 4.57 Å². The average Bonchev–Trinajstić information content (AvgIpc) is 2.30. The summed E-state index contributed by atoms with van der Waals surface area (Å²) in [5.74, 6) is -0.225. The van der Waals surface area contributed by atoms with Gasteiger partial charge in [-0.3, -0.25) is 9.05 Å². The molecule has 0 aromatic heterocycles. The van der Waals surface area contributed by atoms with E-state index in [9.17, 15) is 17.7 Å². The predicted molar refractivity (Wildman–Crippen MR) is 58.7 cm³/mol. The van der Waals surface area contributed by atoms with Gasteiger partial charge in [0, 0.05) is 14.2 Å². The predicted octanol–water partition coefficient (Wildman–Crippen LogP) is 4.14. The third kappa shape index (κ3) is 3.62. The molecule has 0 unspecified atom stereocenters. The Kier molecular flexibility index (Phi) is 4.66. The molecule has 9 heteroatoms. The quantitative estimate of drug-likeness (QED) is 0.784. The Morgan fingerprint density at radius 3 is 2.17 bits per heavy atom. The lowest BCUT2D eigenvalue weighted by Crippen LogP contribution is -2.05. The maximum atomic E-state index is 12.4. The van der Waals surface area contributed by atoms with E-state index in [0.717, 1.165) is 26.4 Å². The van der Waals surface area contributed by atoms with Crippen molar-refractivity contribution in [2.24, 2.45) is 0 Å². The minimum atomic E-state index is -4.52. The summed E-state index contributed by atoms with van der Waals surface area (Å²) in [5.41, 5.74) is -0.940. The SMILES string of the molecule is COP(=O)(OC)Oc1ccc(C(F)(F)F)cc1Cl. The van der Waals surface area contributed by atoms with Gasteiger partial charge in [0.2, 0.25) is 0 Å². The molecule has 0 spiro atoms. The molecule has 0 saturated heterocycles. The fourth-order valence-electron chi connectivity index (χ4n) is 1.02. The summed E-state index contributed by atoms with van der Waals surface area (Å²) >= 11 is 5.60. The molecule has 0 atom stereocenters. The summed E-state index contributed by atoms with van der Waals surface area (Å²) < 4.78 is 62.5. The van der Waals surface area contributed by atoms with Gasteiger partial charge < -0.3 is 4.52 Å². The van der Waals surface area contributed by atoms with Crippen molar-refractivity contribution in [2.75, 3.05) is 14.2 Å². The second-order valence-electron chi connectivity index (χ2n) is 3.05. The summed E-state index contributed by atoms with van der Waals surface area (Å²) in [4.78, 5) is 0. The van der Waals surface area contributed by atoms with Gasteiger partial charge in [0.15, 0.2) is 0 Å². The second kappa shape index (κ2) is 5.48. The van der Waals surface area contributed by atoms with Crippen molar-refractivity contribution < 1.29 is 31.3 Å². The van der Waals surface area contributed by atoms with Crippen LogP contribution in [0, 0.1) is 0 Å². The van der Waals surface area contributed by atoms with E-state index in [0.29, 0.717) is 6.07 Å². The van der Waals surface area contributed by atoms with Crippen LogP contribution in [0.3, 0.4) is 0 Å². The smallest absolute Gasteiger partial charge is 0.402 e. The zero-order chi connectivity index (χ0) is 14.0. The standard InChI is InChI=1S/C9H9ClF3O4P/c1-15-18(14,16-2)17-8-4-3-6(5-7(8)10)9(11,12)13/h3-5H,1-2H3. The average molecular weight is 305 g/mol. The van der Waals surface area contributed by atoms with Gasteiger partial charge in [-0.15, -0.1) is 0 Å². The van der Waals surface area contributed by atoms with Gasteiger partial charge in [0.05, 0.1) is 10.6 Å². The van der Waals surface area contributed by atoms with Crippen molar-refractivity contribution in [2.45, 2.75) is 6.18 Å². The number of alkyl halides is 3. The molecule has 0 aliphatic heterocycles. The Balaban J connectivity index is 3.04. The Bertz CT molecular complexity index is 469. The molecule has 0 amide bonds. The van der Waals surface area contributed by atoms with Crippen LogP contribution in [-0.2, 0) is 19.8 Å². The fraction of sp³-hybridized carbons (Fsp3) is 0.333. The highest BCUT2D eigenvalue weighted by Crippen LogP contribution is 2.49. The van der Waals surface area contributed by atoms with E-state index in [-0.39, 0.29) is 10.8 Å². The first-order valence-corrected chi connectivity index (χ1v) is 6.33. The van der Waals surface area contributed by atoms with Gasteiger partial charge in [-0.2, -0.15) is 13.2 Å². The van der Waals surface area contributed by atoms with Gasteiger partial charge in [0.1, 0.15) is 5.75 Å². The topological polar surface area (TPSA) is 44.8 Å². The van der Waals surface area contributed by atoms with Crippen LogP contribution in [0.2, 0.25) is 5.02 Å². The lowest BCUT2D eigenvalue weighted by molar-refractivity contribution is -0.137. The first-order chi connectivity index (χ1) is 8.22. The lowest BCUT2D eigenvalue weighted by Gasteiger charge is -2.16. The van der Waals surface area contributed by atoms with Crippen molar-refractivity contribution in [1.82, 2.24) is 0 Å². The van der Waals surface area contributed by atoms with Crippen LogP contribution in [0.25, 0.3) is 0 Å². The molecule has 0 aliphatic rings. The summed E-state index contributed by atoms with van der Waals surface area (Å²) in [6.45, 7) is 0. The van der Waals surface area contributed by atoms with Crippen LogP contribution in [0.1, 0.15) is 5.56 Å². The van der Waals surface area contributed by atoms with Gasteiger partial charge in [-0.1, -0.05) is 11.6 Å². The number of rotatable bonds is 4. The van der Waals surface area contributed by atoms with E-state index in [1.165, 1.54) is 0 Å². The zero-order valence-electron chi connectivity index (χ0n) is 9.32. The van der Waals surface area contributed by atoms with Crippen molar-refractivity contribution in [1.29, 1.82) is 0 Å². The van der Waals surface area contributed by atoms with Crippen LogP contribution in [0.5, 0.6) is 5.75 Å². The highest BCUT2D eigenvalue weighted by Gasteiger charge is 2.32. The van der Waals surface area contributed by atoms with Gasteiger partial charge >= 0.3 is 14.0 Å². The maximum Gasteiger partial charge on any atom is 0.529 e. The number of hydrogen-bond donors (Lipinski definition) is 0. The first kappa shape index (κ1) is 15.3. The van der Waals surface area contributed by atoms with Crippen LogP contribution in [-0.4, -0.2) is 14.2 Å². The largest absolute Gasteiger partial charge is 0.529 e. The molecule has 1 rings (SSSR count). The van der Waals surface area contributed by atoms with Crippen LogP contribution in [0.4, 0.5) is 13.2 Å². The van der Waals surface area contributed by atoms with E-state index in [1.54, 1.807) is 0 Å². The summed E-state index contributed by atoms with van der Waals surface area (Å²) in [6, 6.07) is 2.35. The Morgan fingerprint density at radius 1 is 1.22 bits per heavy atom. The Labute approximate surface area is 106 Å². The lowest BCUT2D eigenvalue weighted by atomic mass is 10.2. The fourth-order valence-corrected chi connectivity index (χ4v) is 1.99. The molecule has 0 N–H and O–H groups in total. The van der Waals surface area contributed by atoms with E-state index < -0.39 is 19.6 Å². The molecule has 4 nitrogen and oxygen atoms in total. The second-order valence-corrected chi connectivity index (χ2v) is 5.26. The van der Waals surface area contributed by atoms with E-state index in [4.69, 9.17) is 16.1 Å². The monoisotopic (exact) mass is 304 g/mol. The number of phosphoric ester groups is 1. The van der Waals surface area contributed by atoms with Gasteiger partial charge in [-0.05, 0) is 18.2 Å². The summed E-state index contributed by atoms with van der Waals surface area (Å²) in [7, 11) is -1.71. The van der Waals surface area contributed by atoms with Crippen LogP contribution >= 0.6 is 19.4 Å². The number of halogens is 4. The normalized spacial score (nSPS) is 12.6. The minimum absolute atomic E-state index is 0.225. The first-order valence-electron chi connectivity index (χ1n) is 4.49. The molecule has 0 radical (unpaired) electrons. The highest BCUT2D eigenvalue weighted by molar-refractivity contribution is 7.48. The van der Waals surface area contributed by atoms with E-state index >= 15 is 0 Å². The Hall–Kier alpha value is -0.750. The molecular formula is C9H9ClF3O4P. The molecule has 1 aromatic rings. The third-order valence-electron chi connectivity index (χ3n) is 1.92. The van der Waals surface area contributed by atoms with Crippen molar-refractivity contribution >= 4 is 19.4 Å². The van der Waals surface area contributed by atoms with E-state index in [2.05, 4.69) is 9.05 Å². The number of hydrogen-bond acceptors (Lipinski definition) is 4. The highest BCUT2D eigenvalue weighted by atomic mass is 35.5. The van der Waals surface area contributed by atoms with E-state index in [1.807, 2.05) is 0 Å². The molecule has 0 aliphatic carbocycles. The molecule has 0 saturated carbocycles. The maximum absolute atomic E-state index is 12.4. The molecule has 0 heterocycles. The molecule has 18 heavy (non-hydrogen) atoms. The zero-order valence-corrected chi connectivity index (χ0v) is 11.0. The van der Waals surface area contributed by atoms with Crippen molar-refractivity contribution in [3.05, 3.63) is 28.8 Å². The number of phosphoric acid groups is 1. The number of benzene rings is 1. The summed E-state index contributed by atoms with van der Waals surface area (Å²) in [5, 5.41) is -0.348. The minimum Gasteiger partial charge on any atom is -0.402 e. The Morgan fingerprint density at radius 2 is 1.78 bits per heavy atom.